The van der Waals surface area contributed by atoms with Gasteiger partial charge in [0.2, 0.25) is 5.95 Å². The Labute approximate surface area is 188 Å². The molecule has 0 amide bonds. The van der Waals surface area contributed by atoms with Crippen LogP contribution in [-0.2, 0) is 11.3 Å². The van der Waals surface area contributed by atoms with E-state index in [1.165, 1.54) is 12.1 Å². The molecular weight excluding hydrogens is 423 g/mol. The molecule has 4 heterocycles. The van der Waals surface area contributed by atoms with Crippen molar-refractivity contribution in [3.8, 4) is 11.3 Å². The minimum Gasteiger partial charge on any atom is -0.378 e. The van der Waals surface area contributed by atoms with Crippen molar-refractivity contribution in [1.29, 1.82) is 0 Å². The number of fused-ring (bicyclic) bond motifs is 2. The molecule has 33 heavy (non-hydrogen) atoms. The van der Waals surface area contributed by atoms with Gasteiger partial charge in [-0.2, -0.15) is 4.98 Å². The molecule has 0 saturated carbocycles. The predicted molar refractivity (Wildman–Crippen MR) is 123 cm³/mol. The molecule has 2 N–H and O–H groups in total. The van der Waals surface area contributed by atoms with Gasteiger partial charge in [-0.25, -0.2) is 18.9 Å². The van der Waals surface area contributed by atoms with Crippen molar-refractivity contribution in [2.75, 3.05) is 36.5 Å². The van der Waals surface area contributed by atoms with Crippen LogP contribution >= 0.6 is 0 Å². The van der Waals surface area contributed by atoms with Crippen molar-refractivity contribution in [3.05, 3.63) is 66.4 Å². The summed E-state index contributed by atoms with van der Waals surface area (Å²) in [5.74, 6) is 1.62. The second-order valence-electron chi connectivity index (χ2n) is 7.80. The summed E-state index contributed by atoms with van der Waals surface area (Å²) in [7, 11) is 0. The molecule has 166 valence electrons. The van der Waals surface area contributed by atoms with Gasteiger partial charge in [-0.3, -0.25) is 0 Å². The fraction of sp³-hybridized carbons (Fsp3) is 0.217. The first-order chi connectivity index (χ1) is 16.2. The molecule has 0 atom stereocenters. The number of morpholine rings is 1. The van der Waals surface area contributed by atoms with E-state index in [2.05, 4.69) is 25.2 Å². The van der Waals surface area contributed by atoms with E-state index in [0.29, 0.717) is 61.5 Å². The molecule has 0 spiro atoms. The highest BCUT2D eigenvalue weighted by atomic mass is 19.1. The molecule has 10 heteroatoms. The number of imidazole rings is 2. The number of halogens is 1. The van der Waals surface area contributed by atoms with Crippen LogP contribution in [0.25, 0.3) is 27.9 Å². The van der Waals surface area contributed by atoms with E-state index in [1.54, 1.807) is 16.8 Å². The lowest BCUT2D eigenvalue weighted by molar-refractivity contribution is 0.122. The molecule has 9 nitrogen and oxygen atoms in total. The first-order valence-corrected chi connectivity index (χ1v) is 10.8. The maximum atomic E-state index is 13.9. The van der Waals surface area contributed by atoms with E-state index < -0.39 is 0 Å². The largest absolute Gasteiger partial charge is 0.378 e. The highest BCUT2D eigenvalue weighted by Gasteiger charge is 2.20. The average Bonchev–Trinajstić information content (AvgIpc) is 3.47. The summed E-state index contributed by atoms with van der Waals surface area (Å²) < 4.78 is 21.1. The van der Waals surface area contributed by atoms with E-state index in [9.17, 15) is 4.39 Å². The van der Waals surface area contributed by atoms with Crippen LogP contribution in [0.15, 0.2) is 54.7 Å². The lowest BCUT2D eigenvalue weighted by atomic mass is 10.2. The molecule has 0 unspecified atom stereocenters. The first-order valence-electron chi connectivity index (χ1n) is 10.8. The molecule has 6 rings (SSSR count). The third kappa shape index (κ3) is 3.74. The number of rotatable bonds is 5. The van der Waals surface area contributed by atoms with Crippen LogP contribution in [0, 0.1) is 5.82 Å². The Kier molecular flexibility index (Phi) is 4.84. The smallest absolute Gasteiger partial charge is 0.245 e. The van der Waals surface area contributed by atoms with Crippen molar-refractivity contribution in [2.45, 2.75) is 6.54 Å². The van der Waals surface area contributed by atoms with Crippen molar-refractivity contribution in [1.82, 2.24) is 29.5 Å². The van der Waals surface area contributed by atoms with Gasteiger partial charge in [-0.1, -0.05) is 24.3 Å². The number of anilines is 2. The summed E-state index contributed by atoms with van der Waals surface area (Å²) in [6.07, 6.45) is 1.69. The maximum Gasteiger partial charge on any atom is 0.245 e. The number of nitrogens with zero attached hydrogens (tertiary/aromatic N) is 6. The van der Waals surface area contributed by atoms with Gasteiger partial charge >= 0.3 is 0 Å². The van der Waals surface area contributed by atoms with Crippen LogP contribution in [0.3, 0.4) is 0 Å². The molecule has 0 bridgehead atoms. The Bertz CT molecular complexity index is 1410. The van der Waals surface area contributed by atoms with Gasteiger partial charge in [0.05, 0.1) is 42.7 Å². The molecule has 1 saturated heterocycles. The molecule has 5 aromatic rings. The molecule has 0 aliphatic carbocycles. The lowest BCUT2D eigenvalue weighted by Gasteiger charge is -2.27. The Hall–Kier alpha value is -4.05. The van der Waals surface area contributed by atoms with Crippen LogP contribution in [0.4, 0.5) is 16.2 Å². The zero-order valence-electron chi connectivity index (χ0n) is 17.7. The lowest BCUT2D eigenvalue weighted by Crippen LogP contribution is -2.37. The van der Waals surface area contributed by atoms with E-state index in [-0.39, 0.29) is 5.82 Å². The summed E-state index contributed by atoms with van der Waals surface area (Å²) in [4.78, 5) is 19.3. The number of aromatic nitrogens is 6. The third-order valence-electron chi connectivity index (χ3n) is 5.63. The van der Waals surface area contributed by atoms with E-state index in [4.69, 9.17) is 14.8 Å². The molecule has 1 aliphatic heterocycles. The van der Waals surface area contributed by atoms with E-state index in [0.717, 1.165) is 16.9 Å². The minimum absolute atomic E-state index is 0.312. The van der Waals surface area contributed by atoms with Gasteiger partial charge in [0, 0.05) is 18.7 Å². The van der Waals surface area contributed by atoms with Gasteiger partial charge in [0.15, 0.2) is 11.5 Å². The van der Waals surface area contributed by atoms with E-state index >= 15 is 0 Å². The van der Waals surface area contributed by atoms with Gasteiger partial charge in [-0.15, -0.1) is 5.10 Å². The molecule has 1 fully saturated rings. The predicted octanol–water partition coefficient (Wildman–Crippen LogP) is 3.26. The molecule has 2 aromatic carbocycles. The van der Waals surface area contributed by atoms with Crippen molar-refractivity contribution >= 4 is 28.4 Å². The fourth-order valence-corrected chi connectivity index (χ4v) is 3.99. The summed E-state index contributed by atoms with van der Waals surface area (Å²) in [5.41, 5.74) is 3.82. The standard InChI is InChI=1S/C23H21FN8O/c24-16-5-3-4-15(12-16)19-13-26-22-21(25-14-20-27-17-6-1-2-7-18(17)28-20)29-23(30-32(19)22)31-8-10-33-11-9-31/h1-7,12-13H,8-11,14H2,(H,27,28)(H,25,29,30). The van der Waals surface area contributed by atoms with E-state index in [1.807, 2.05) is 30.3 Å². The summed E-state index contributed by atoms with van der Waals surface area (Å²) in [5, 5.41) is 8.10. The van der Waals surface area contributed by atoms with Crippen molar-refractivity contribution < 1.29 is 9.13 Å². The molecular formula is C23H21FN8O. The van der Waals surface area contributed by atoms with Gasteiger partial charge in [-0.05, 0) is 24.3 Å². The normalized spacial score (nSPS) is 14.3. The maximum absolute atomic E-state index is 13.9. The number of aromatic amines is 1. The number of ether oxygens (including phenoxy) is 1. The number of hydrogen-bond acceptors (Lipinski definition) is 7. The highest BCUT2D eigenvalue weighted by Crippen LogP contribution is 2.26. The minimum atomic E-state index is -0.312. The summed E-state index contributed by atoms with van der Waals surface area (Å²) in [6, 6.07) is 14.3. The number of para-hydroxylation sites is 2. The molecule has 1 aliphatic rings. The Morgan fingerprint density at radius 2 is 1.94 bits per heavy atom. The quantitative estimate of drug-likeness (QED) is 0.430. The van der Waals surface area contributed by atoms with Crippen LogP contribution in [0.2, 0.25) is 0 Å². The molecule has 3 aromatic heterocycles. The Morgan fingerprint density at radius 3 is 2.79 bits per heavy atom. The fourth-order valence-electron chi connectivity index (χ4n) is 3.99. The number of benzene rings is 2. The Balaban J connectivity index is 1.41. The van der Waals surface area contributed by atoms with Gasteiger partial charge in [0.1, 0.15) is 11.6 Å². The first kappa shape index (κ1) is 19.6. The SMILES string of the molecule is Fc1cccc(-c2cnc3c(NCc4nc5ccccc5[nH]4)nc(N4CCOCC4)nn23)c1. The number of hydrogen-bond donors (Lipinski definition) is 2. The summed E-state index contributed by atoms with van der Waals surface area (Å²) in [6.45, 7) is 3.05. The monoisotopic (exact) mass is 444 g/mol. The van der Waals surface area contributed by atoms with Gasteiger partial charge < -0.3 is 19.9 Å². The topological polar surface area (TPSA) is 96.3 Å². The van der Waals surface area contributed by atoms with Crippen LogP contribution in [0.1, 0.15) is 5.82 Å². The van der Waals surface area contributed by atoms with Crippen LogP contribution < -0.4 is 10.2 Å². The average molecular weight is 444 g/mol. The summed E-state index contributed by atoms with van der Waals surface area (Å²) >= 11 is 0. The Morgan fingerprint density at radius 1 is 1.06 bits per heavy atom. The second-order valence-corrected chi connectivity index (χ2v) is 7.80. The van der Waals surface area contributed by atoms with Crippen LogP contribution in [0.5, 0.6) is 0 Å². The molecule has 0 radical (unpaired) electrons. The highest BCUT2D eigenvalue weighted by molar-refractivity contribution is 5.75. The van der Waals surface area contributed by atoms with Crippen molar-refractivity contribution in [2.24, 2.45) is 0 Å². The van der Waals surface area contributed by atoms with Crippen LogP contribution in [-0.4, -0.2) is 55.9 Å². The zero-order valence-corrected chi connectivity index (χ0v) is 17.7. The number of H-pyrrole nitrogens is 1. The number of nitrogens with one attached hydrogen (secondary N) is 2. The third-order valence-corrected chi connectivity index (χ3v) is 5.63. The van der Waals surface area contributed by atoms with Crippen molar-refractivity contribution in [3.63, 3.8) is 0 Å². The zero-order chi connectivity index (χ0) is 22.2. The van der Waals surface area contributed by atoms with Gasteiger partial charge in [0.25, 0.3) is 0 Å². The second kappa shape index (κ2) is 8.14.